The number of carbonyl (C=O) groups excluding carboxylic acids is 1. The summed E-state index contributed by atoms with van der Waals surface area (Å²) in [5.41, 5.74) is 1.72. The van der Waals surface area contributed by atoms with Gasteiger partial charge in [0.25, 0.3) is 0 Å². The summed E-state index contributed by atoms with van der Waals surface area (Å²) in [7, 11) is 0. The van der Waals surface area contributed by atoms with E-state index in [0.29, 0.717) is 22.8 Å². The van der Waals surface area contributed by atoms with E-state index in [-0.39, 0.29) is 11.7 Å². The first-order valence-corrected chi connectivity index (χ1v) is 7.72. The molecule has 122 valence electrons. The summed E-state index contributed by atoms with van der Waals surface area (Å²) in [6, 6.07) is 7.59. The monoisotopic (exact) mass is 311 g/mol. The fourth-order valence-corrected chi connectivity index (χ4v) is 1.92. The summed E-state index contributed by atoms with van der Waals surface area (Å²) in [6.45, 7) is 8.98. The third-order valence-corrected chi connectivity index (χ3v) is 3.58. The summed E-state index contributed by atoms with van der Waals surface area (Å²) in [5.74, 6) is 0.754. The molecule has 3 nitrogen and oxygen atoms in total. The molecule has 0 fully saturated rings. The number of para-hydroxylation sites is 1. The lowest BCUT2D eigenvalue weighted by molar-refractivity contribution is -0.113. The van der Waals surface area contributed by atoms with E-state index < -0.39 is 0 Å². The topological polar surface area (TPSA) is 50.1 Å². The van der Waals surface area contributed by atoms with Gasteiger partial charge in [-0.1, -0.05) is 49.4 Å². The predicted molar refractivity (Wildman–Crippen MR) is 96.0 cm³/mol. The lowest BCUT2D eigenvalue weighted by Crippen LogP contribution is -2.19. The SMILES string of the molecule is C/C=C\C=C/C(C)C(=N)/C(Oc1ccccc1C)=C(/C)C(C)=O. The number of ether oxygens (including phenoxy) is 1. The Morgan fingerprint density at radius 1 is 1.22 bits per heavy atom. The number of rotatable bonds is 7. The summed E-state index contributed by atoms with van der Waals surface area (Å²) in [4.78, 5) is 11.8. The largest absolute Gasteiger partial charge is 0.455 e. The zero-order valence-corrected chi connectivity index (χ0v) is 14.5. The number of hydrogen-bond acceptors (Lipinski definition) is 3. The van der Waals surface area contributed by atoms with E-state index in [9.17, 15) is 4.79 Å². The highest BCUT2D eigenvalue weighted by molar-refractivity contribution is 6.06. The number of aryl methyl sites for hydroxylation is 1. The van der Waals surface area contributed by atoms with Crippen LogP contribution in [0.2, 0.25) is 0 Å². The van der Waals surface area contributed by atoms with E-state index in [1.807, 2.05) is 69.3 Å². The minimum absolute atomic E-state index is 0.0945. The molecule has 1 rings (SSSR count). The molecule has 0 aromatic heterocycles. The fraction of sp³-hybridized carbons (Fsp3) is 0.300. The molecule has 3 heteroatoms. The van der Waals surface area contributed by atoms with E-state index >= 15 is 0 Å². The average Bonchev–Trinajstić information content (AvgIpc) is 2.53. The molecule has 1 aromatic carbocycles. The maximum atomic E-state index is 11.8. The summed E-state index contributed by atoms with van der Waals surface area (Å²) in [6.07, 6.45) is 7.64. The highest BCUT2D eigenvalue weighted by Gasteiger charge is 2.19. The predicted octanol–water partition coefficient (Wildman–Crippen LogP) is 5.02. The Morgan fingerprint density at radius 2 is 1.87 bits per heavy atom. The van der Waals surface area contributed by atoms with E-state index in [0.717, 1.165) is 5.56 Å². The summed E-state index contributed by atoms with van der Waals surface area (Å²) in [5, 5.41) is 8.42. The second kappa shape index (κ2) is 8.89. The minimum Gasteiger partial charge on any atom is -0.455 e. The zero-order valence-electron chi connectivity index (χ0n) is 14.5. The second-order valence-corrected chi connectivity index (χ2v) is 5.49. The van der Waals surface area contributed by atoms with Crippen LogP contribution in [-0.2, 0) is 4.79 Å². The first-order chi connectivity index (χ1) is 10.9. The Morgan fingerprint density at radius 3 is 2.43 bits per heavy atom. The van der Waals surface area contributed by atoms with E-state index in [2.05, 4.69) is 0 Å². The first-order valence-electron chi connectivity index (χ1n) is 7.72. The van der Waals surface area contributed by atoms with Gasteiger partial charge in [0.15, 0.2) is 11.5 Å². The van der Waals surface area contributed by atoms with Crippen LogP contribution in [0.3, 0.4) is 0 Å². The smallest absolute Gasteiger partial charge is 0.159 e. The molecule has 0 aliphatic rings. The van der Waals surface area contributed by atoms with Crippen LogP contribution in [0.15, 0.2) is 59.9 Å². The van der Waals surface area contributed by atoms with Gasteiger partial charge < -0.3 is 10.1 Å². The van der Waals surface area contributed by atoms with Crippen molar-refractivity contribution in [3.8, 4) is 5.75 Å². The highest BCUT2D eigenvalue weighted by atomic mass is 16.5. The number of benzene rings is 1. The van der Waals surface area contributed by atoms with Crippen molar-refractivity contribution in [2.45, 2.75) is 34.6 Å². The number of hydrogen-bond donors (Lipinski definition) is 1. The van der Waals surface area contributed by atoms with E-state index in [4.69, 9.17) is 10.1 Å². The van der Waals surface area contributed by atoms with Crippen LogP contribution in [-0.4, -0.2) is 11.5 Å². The second-order valence-electron chi connectivity index (χ2n) is 5.49. The molecule has 1 N–H and O–H groups in total. The average molecular weight is 311 g/mol. The number of ketones is 1. The molecule has 0 aliphatic heterocycles. The van der Waals surface area contributed by atoms with Crippen molar-refractivity contribution in [3.63, 3.8) is 0 Å². The van der Waals surface area contributed by atoms with Crippen LogP contribution in [0.25, 0.3) is 0 Å². The van der Waals surface area contributed by atoms with Crippen molar-refractivity contribution >= 4 is 11.5 Å². The Hall–Kier alpha value is -2.42. The van der Waals surface area contributed by atoms with Crippen LogP contribution in [0.5, 0.6) is 5.75 Å². The van der Waals surface area contributed by atoms with Crippen molar-refractivity contribution in [1.82, 2.24) is 0 Å². The molecular weight excluding hydrogens is 286 g/mol. The van der Waals surface area contributed by atoms with Crippen LogP contribution >= 0.6 is 0 Å². The Bertz CT molecular complexity index is 666. The van der Waals surface area contributed by atoms with Crippen LogP contribution in [0.1, 0.15) is 33.3 Å². The maximum Gasteiger partial charge on any atom is 0.159 e. The quantitative estimate of drug-likeness (QED) is 0.332. The van der Waals surface area contributed by atoms with Gasteiger partial charge in [-0.3, -0.25) is 4.79 Å². The Labute approximate surface area is 138 Å². The highest BCUT2D eigenvalue weighted by Crippen LogP contribution is 2.23. The molecule has 0 bridgehead atoms. The third kappa shape index (κ3) is 5.37. The molecule has 0 spiro atoms. The van der Waals surface area contributed by atoms with Gasteiger partial charge in [0, 0.05) is 11.5 Å². The standard InChI is InChI=1S/C20H25NO2/c1-6-7-8-12-15(3)19(21)20(16(4)17(5)22)23-18-13-10-9-11-14(18)2/h6-13,15,21H,1-5H3/b7-6-,12-8-,20-16+,21-19?. The summed E-state index contributed by atoms with van der Waals surface area (Å²) >= 11 is 0. The van der Waals surface area contributed by atoms with Gasteiger partial charge in [0.05, 0.1) is 5.71 Å². The molecular formula is C20H25NO2. The number of allylic oxidation sites excluding steroid dienone is 6. The minimum atomic E-state index is -0.153. The first kappa shape index (κ1) is 18.6. The number of carbonyl (C=O) groups is 1. The lowest BCUT2D eigenvalue weighted by atomic mass is 9.99. The fourth-order valence-electron chi connectivity index (χ4n) is 1.92. The van der Waals surface area contributed by atoms with Crippen LogP contribution in [0, 0.1) is 18.3 Å². The molecule has 0 radical (unpaired) electrons. The molecule has 0 saturated carbocycles. The Kier molecular flexibility index (Phi) is 7.20. The molecule has 1 unspecified atom stereocenters. The lowest BCUT2D eigenvalue weighted by Gasteiger charge is -2.17. The third-order valence-electron chi connectivity index (χ3n) is 3.58. The van der Waals surface area contributed by atoms with Gasteiger partial charge in [0.1, 0.15) is 5.75 Å². The summed E-state index contributed by atoms with van der Waals surface area (Å²) < 4.78 is 5.94. The molecule has 1 atom stereocenters. The molecule has 0 aliphatic carbocycles. The van der Waals surface area contributed by atoms with E-state index in [1.165, 1.54) is 6.92 Å². The van der Waals surface area contributed by atoms with Gasteiger partial charge in [-0.2, -0.15) is 0 Å². The maximum absolute atomic E-state index is 11.8. The normalized spacial score (nSPS) is 14.0. The molecule has 1 aromatic rings. The van der Waals surface area contributed by atoms with Gasteiger partial charge in [-0.25, -0.2) is 0 Å². The number of nitrogens with one attached hydrogen (secondary N) is 1. The zero-order chi connectivity index (χ0) is 17.4. The Balaban J connectivity index is 3.17. The van der Waals surface area contributed by atoms with Crippen molar-refractivity contribution in [3.05, 3.63) is 65.5 Å². The van der Waals surface area contributed by atoms with Gasteiger partial charge in [0.2, 0.25) is 0 Å². The molecule has 0 heterocycles. The van der Waals surface area contributed by atoms with Crippen molar-refractivity contribution in [2.75, 3.05) is 0 Å². The van der Waals surface area contributed by atoms with Gasteiger partial charge in [-0.15, -0.1) is 0 Å². The number of Topliss-reactive ketones (excluding diaryl/α,β-unsaturated/α-hetero) is 1. The van der Waals surface area contributed by atoms with E-state index in [1.54, 1.807) is 6.92 Å². The van der Waals surface area contributed by atoms with Crippen molar-refractivity contribution in [2.24, 2.45) is 5.92 Å². The van der Waals surface area contributed by atoms with Gasteiger partial charge in [-0.05, 0) is 39.3 Å². The van der Waals surface area contributed by atoms with Crippen molar-refractivity contribution < 1.29 is 9.53 Å². The van der Waals surface area contributed by atoms with Crippen LogP contribution < -0.4 is 4.74 Å². The molecule has 23 heavy (non-hydrogen) atoms. The van der Waals surface area contributed by atoms with Gasteiger partial charge >= 0.3 is 0 Å². The molecule has 0 saturated heterocycles. The molecule has 0 amide bonds. The van der Waals surface area contributed by atoms with Crippen molar-refractivity contribution in [1.29, 1.82) is 5.41 Å². The van der Waals surface area contributed by atoms with Crippen LogP contribution in [0.4, 0.5) is 0 Å².